The number of halogens is 5. The molecule has 1 aromatic heterocycles. The van der Waals surface area contributed by atoms with Crippen LogP contribution >= 0.6 is 0 Å². The maximum atomic E-state index is 15.1. The lowest BCUT2D eigenvalue weighted by molar-refractivity contribution is -0.137. The Morgan fingerprint density at radius 3 is 2.47 bits per heavy atom. The molecule has 1 atom stereocenters. The van der Waals surface area contributed by atoms with E-state index in [2.05, 4.69) is 21.9 Å². The maximum Gasteiger partial charge on any atom is 0.417 e. The zero-order chi connectivity index (χ0) is 27.4. The first kappa shape index (κ1) is 27.7. The predicted molar refractivity (Wildman–Crippen MR) is 141 cm³/mol. The zero-order valence-electron chi connectivity index (χ0n) is 21.7. The van der Waals surface area contributed by atoms with E-state index >= 15 is 4.39 Å². The van der Waals surface area contributed by atoms with Gasteiger partial charge in [-0.05, 0) is 56.6 Å². The Kier molecular flexibility index (Phi) is 8.48. The quantitative estimate of drug-likeness (QED) is 0.234. The smallest absolute Gasteiger partial charge is 0.340 e. The number of rotatable bonds is 8. The molecule has 0 saturated heterocycles. The van der Waals surface area contributed by atoms with E-state index in [1.165, 1.54) is 24.3 Å². The van der Waals surface area contributed by atoms with E-state index in [9.17, 15) is 17.6 Å². The van der Waals surface area contributed by atoms with E-state index in [4.69, 9.17) is 0 Å². The number of aromatic nitrogens is 2. The van der Waals surface area contributed by atoms with Crippen LogP contribution in [0.1, 0.15) is 86.2 Å². The summed E-state index contributed by atoms with van der Waals surface area (Å²) in [6.07, 6.45) is 1.59. The van der Waals surface area contributed by atoms with Gasteiger partial charge in [-0.25, -0.2) is 18.7 Å². The molecule has 0 aliphatic heterocycles. The third-order valence-electron chi connectivity index (χ3n) is 7.13. The molecule has 2 aromatic carbocycles. The van der Waals surface area contributed by atoms with Gasteiger partial charge in [0, 0.05) is 39.7 Å². The van der Waals surface area contributed by atoms with Gasteiger partial charge in [-0.3, -0.25) is 0 Å². The monoisotopic (exact) mass is 529 g/mol. The van der Waals surface area contributed by atoms with Gasteiger partial charge in [-0.15, -0.1) is 0 Å². The third kappa shape index (κ3) is 5.89. The summed E-state index contributed by atoms with van der Waals surface area (Å²) in [5, 5.41) is 3.14. The number of nitrogens with zero attached hydrogens (tertiary/aromatic N) is 2. The Balaban J connectivity index is 1.83. The van der Waals surface area contributed by atoms with E-state index in [1.807, 2.05) is 13.8 Å². The van der Waals surface area contributed by atoms with E-state index in [0.717, 1.165) is 49.8 Å². The van der Waals surface area contributed by atoms with Gasteiger partial charge < -0.3 is 5.32 Å². The first-order valence-corrected chi connectivity index (χ1v) is 13.2. The van der Waals surface area contributed by atoms with Crippen molar-refractivity contribution in [2.24, 2.45) is 0 Å². The summed E-state index contributed by atoms with van der Waals surface area (Å²) >= 11 is 0. The van der Waals surface area contributed by atoms with Gasteiger partial charge in [0.05, 0.1) is 5.56 Å². The summed E-state index contributed by atoms with van der Waals surface area (Å²) in [4.78, 5) is 9.11. The molecule has 202 valence electrons. The van der Waals surface area contributed by atoms with Crippen LogP contribution in [0.4, 0.5) is 27.8 Å². The second kappa shape index (κ2) is 11.6. The van der Waals surface area contributed by atoms with Crippen LogP contribution in [0, 0.1) is 11.6 Å². The molecule has 38 heavy (non-hydrogen) atoms. The minimum atomic E-state index is -4.58. The average molecular weight is 530 g/mol. The number of hydrogen-bond donors (Lipinski definition) is 1. The van der Waals surface area contributed by atoms with Crippen molar-refractivity contribution in [3.63, 3.8) is 0 Å². The van der Waals surface area contributed by atoms with Crippen molar-refractivity contribution in [2.45, 2.75) is 77.3 Å². The molecule has 0 radical (unpaired) electrons. The topological polar surface area (TPSA) is 37.8 Å². The minimum Gasteiger partial charge on any atom is -0.340 e. The summed E-state index contributed by atoms with van der Waals surface area (Å²) < 4.78 is 70.9. The van der Waals surface area contributed by atoms with Crippen molar-refractivity contribution < 1.29 is 22.0 Å². The number of anilines is 1. The van der Waals surface area contributed by atoms with Gasteiger partial charge in [0.15, 0.2) is 5.82 Å². The van der Waals surface area contributed by atoms with Gasteiger partial charge in [0.25, 0.3) is 0 Å². The number of nitrogens with one attached hydrogen (secondary N) is 1. The first-order valence-electron chi connectivity index (χ1n) is 13.2. The van der Waals surface area contributed by atoms with Crippen LogP contribution in [0.3, 0.4) is 0 Å². The molecule has 0 bridgehead atoms. The van der Waals surface area contributed by atoms with Crippen molar-refractivity contribution in [2.75, 3.05) is 5.32 Å². The molecule has 1 aliphatic carbocycles. The van der Waals surface area contributed by atoms with Gasteiger partial charge >= 0.3 is 6.18 Å². The SMILES string of the molecule is C=C(Nc1nc(-c2ccccc2C(F)(F)F)nc2c1CCCCC2)c1cc(F)cc(F)c1C(CC)CCC. The lowest BCUT2D eigenvalue weighted by Crippen LogP contribution is -2.13. The van der Waals surface area contributed by atoms with Crippen LogP contribution < -0.4 is 5.32 Å². The molecule has 1 heterocycles. The Hall–Kier alpha value is -3.29. The van der Waals surface area contributed by atoms with Crippen LogP contribution in [0.5, 0.6) is 0 Å². The molecule has 4 rings (SSSR count). The Morgan fingerprint density at radius 2 is 1.76 bits per heavy atom. The van der Waals surface area contributed by atoms with E-state index in [0.29, 0.717) is 41.9 Å². The van der Waals surface area contributed by atoms with E-state index < -0.39 is 23.4 Å². The number of aryl methyl sites for hydroxylation is 1. The van der Waals surface area contributed by atoms with Crippen LogP contribution in [0.25, 0.3) is 17.1 Å². The highest BCUT2D eigenvalue weighted by molar-refractivity contribution is 5.78. The fourth-order valence-corrected chi connectivity index (χ4v) is 5.28. The normalized spacial score (nSPS) is 14.5. The van der Waals surface area contributed by atoms with E-state index in [1.54, 1.807) is 0 Å². The molecule has 3 aromatic rings. The van der Waals surface area contributed by atoms with Gasteiger partial charge in [-0.1, -0.05) is 51.5 Å². The summed E-state index contributed by atoms with van der Waals surface area (Å²) in [6.45, 7) is 8.05. The number of benzene rings is 2. The summed E-state index contributed by atoms with van der Waals surface area (Å²) in [7, 11) is 0. The highest BCUT2D eigenvalue weighted by Gasteiger charge is 2.34. The molecule has 8 heteroatoms. The molecular weight excluding hydrogens is 497 g/mol. The fraction of sp³-hybridized carbons (Fsp3) is 0.400. The standard InChI is InChI=1S/C30H32F5N3/c1-4-11-19(5-2)27-23(16-20(31)17-25(27)32)18(3)36-29-22-13-7-6-8-15-26(22)37-28(38-29)21-12-9-10-14-24(21)30(33,34)35/h9-10,12,14,16-17,19H,3-8,11,13,15H2,1-2H3,(H,36,37,38). The van der Waals surface area contributed by atoms with E-state index in [-0.39, 0.29) is 23.0 Å². The van der Waals surface area contributed by atoms with Gasteiger partial charge in [0.1, 0.15) is 17.5 Å². The van der Waals surface area contributed by atoms with Crippen LogP contribution in [0.2, 0.25) is 0 Å². The predicted octanol–water partition coefficient (Wildman–Crippen LogP) is 9.09. The van der Waals surface area contributed by atoms with Crippen molar-refractivity contribution in [1.82, 2.24) is 9.97 Å². The molecule has 0 amide bonds. The van der Waals surface area contributed by atoms with Gasteiger partial charge in [0.2, 0.25) is 0 Å². The molecular formula is C30H32F5N3. The van der Waals surface area contributed by atoms with Crippen molar-refractivity contribution in [1.29, 1.82) is 0 Å². The summed E-state index contributed by atoms with van der Waals surface area (Å²) in [5.41, 5.74) is 1.48. The summed E-state index contributed by atoms with van der Waals surface area (Å²) in [5.74, 6) is -1.21. The summed E-state index contributed by atoms with van der Waals surface area (Å²) in [6, 6.07) is 7.36. The lowest BCUT2D eigenvalue weighted by Gasteiger charge is -2.23. The molecule has 1 N–H and O–H groups in total. The zero-order valence-corrected chi connectivity index (χ0v) is 21.7. The number of fused-ring (bicyclic) bond motifs is 1. The second-order valence-corrected chi connectivity index (χ2v) is 9.77. The van der Waals surface area contributed by atoms with Crippen molar-refractivity contribution in [3.05, 3.63) is 82.6 Å². The van der Waals surface area contributed by atoms with Crippen molar-refractivity contribution >= 4 is 11.5 Å². The molecule has 0 saturated carbocycles. The Morgan fingerprint density at radius 1 is 1.03 bits per heavy atom. The highest BCUT2D eigenvalue weighted by atomic mass is 19.4. The first-order chi connectivity index (χ1) is 18.1. The second-order valence-electron chi connectivity index (χ2n) is 9.77. The largest absolute Gasteiger partial charge is 0.417 e. The molecule has 1 unspecified atom stereocenters. The Labute approximate surface area is 220 Å². The minimum absolute atomic E-state index is 0.0445. The van der Waals surface area contributed by atoms with Crippen LogP contribution in [0.15, 0.2) is 43.0 Å². The third-order valence-corrected chi connectivity index (χ3v) is 7.13. The molecule has 3 nitrogen and oxygen atoms in total. The average Bonchev–Trinajstić information content (AvgIpc) is 3.12. The number of alkyl halides is 3. The highest BCUT2D eigenvalue weighted by Crippen LogP contribution is 2.39. The molecule has 0 spiro atoms. The molecule has 1 aliphatic rings. The van der Waals surface area contributed by atoms with Crippen LogP contribution in [-0.4, -0.2) is 9.97 Å². The molecule has 0 fully saturated rings. The van der Waals surface area contributed by atoms with Crippen molar-refractivity contribution in [3.8, 4) is 11.4 Å². The Bertz CT molecular complexity index is 1320. The number of hydrogen-bond acceptors (Lipinski definition) is 3. The fourth-order valence-electron chi connectivity index (χ4n) is 5.28. The van der Waals surface area contributed by atoms with Crippen LogP contribution in [-0.2, 0) is 19.0 Å². The van der Waals surface area contributed by atoms with Gasteiger partial charge in [-0.2, -0.15) is 13.2 Å². The maximum absolute atomic E-state index is 15.1. The lowest BCUT2D eigenvalue weighted by atomic mass is 9.87.